The van der Waals surface area contributed by atoms with Gasteiger partial charge in [0.05, 0.1) is 21.7 Å². The number of thiophene rings is 1. The van der Waals surface area contributed by atoms with E-state index in [1.807, 2.05) is 11.4 Å². The number of rotatable bonds is 4. The van der Waals surface area contributed by atoms with Crippen molar-refractivity contribution in [1.82, 2.24) is 9.97 Å². The summed E-state index contributed by atoms with van der Waals surface area (Å²) in [6.07, 6.45) is 1.43. The standard InChI is InChI=1S/C14H9F2N3OS2/c15-8-1-2-9(16)11(5-8)19-12(20)6-22-14-13-10(3-4-21-13)17-7-18-14/h1-5,7H,6H2,(H,19,20). The highest BCUT2D eigenvalue weighted by molar-refractivity contribution is 8.00. The Balaban J connectivity index is 1.67. The smallest absolute Gasteiger partial charge is 0.234 e. The van der Waals surface area contributed by atoms with Crippen molar-refractivity contribution in [2.75, 3.05) is 11.1 Å². The second-order valence-corrected chi connectivity index (χ2v) is 6.15. The number of halogens is 2. The van der Waals surface area contributed by atoms with Gasteiger partial charge in [-0.15, -0.1) is 11.3 Å². The lowest BCUT2D eigenvalue weighted by Gasteiger charge is -2.06. The van der Waals surface area contributed by atoms with E-state index in [1.165, 1.54) is 29.4 Å². The highest BCUT2D eigenvalue weighted by Crippen LogP contribution is 2.28. The lowest BCUT2D eigenvalue weighted by atomic mass is 10.3. The van der Waals surface area contributed by atoms with Crippen LogP contribution >= 0.6 is 23.1 Å². The fraction of sp³-hybridized carbons (Fsp3) is 0.0714. The lowest BCUT2D eigenvalue weighted by molar-refractivity contribution is -0.113. The van der Waals surface area contributed by atoms with E-state index in [4.69, 9.17) is 0 Å². The van der Waals surface area contributed by atoms with E-state index >= 15 is 0 Å². The van der Waals surface area contributed by atoms with E-state index in [9.17, 15) is 13.6 Å². The zero-order chi connectivity index (χ0) is 15.5. The van der Waals surface area contributed by atoms with Gasteiger partial charge in [-0.2, -0.15) is 0 Å². The first-order valence-electron chi connectivity index (χ1n) is 6.19. The summed E-state index contributed by atoms with van der Waals surface area (Å²) in [5, 5.41) is 4.93. The zero-order valence-corrected chi connectivity index (χ0v) is 12.7. The van der Waals surface area contributed by atoms with Gasteiger partial charge < -0.3 is 5.32 Å². The molecular formula is C14H9F2N3OS2. The van der Waals surface area contributed by atoms with Gasteiger partial charge in [0.15, 0.2) is 0 Å². The third-order valence-electron chi connectivity index (χ3n) is 2.75. The number of fused-ring (bicyclic) bond motifs is 1. The molecule has 0 aliphatic heterocycles. The molecule has 0 saturated heterocycles. The quantitative estimate of drug-likeness (QED) is 0.583. The van der Waals surface area contributed by atoms with Crippen molar-refractivity contribution in [3.8, 4) is 0 Å². The van der Waals surface area contributed by atoms with Crippen LogP contribution in [0, 0.1) is 11.6 Å². The third-order valence-corrected chi connectivity index (χ3v) is 4.78. The normalized spacial score (nSPS) is 10.8. The molecule has 3 rings (SSSR count). The van der Waals surface area contributed by atoms with E-state index in [0.29, 0.717) is 5.03 Å². The van der Waals surface area contributed by atoms with Crippen molar-refractivity contribution in [3.63, 3.8) is 0 Å². The molecule has 4 nitrogen and oxygen atoms in total. The van der Waals surface area contributed by atoms with Crippen LogP contribution < -0.4 is 5.32 Å². The summed E-state index contributed by atoms with van der Waals surface area (Å²) >= 11 is 2.71. The van der Waals surface area contributed by atoms with Crippen LogP contribution in [-0.2, 0) is 4.79 Å². The molecule has 0 fully saturated rings. The molecule has 0 aliphatic rings. The summed E-state index contributed by atoms with van der Waals surface area (Å²) in [5.41, 5.74) is 0.647. The largest absolute Gasteiger partial charge is 0.323 e. The highest BCUT2D eigenvalue weighted by Gasteiger charge is 2.11. The Morgan fingerprint density at radius 2 is 2.14 bits per heavy atom. The molecule has 0 bridgehead atoms. The van der Waals surface area contributed by atoms with Crippen LogP contribution in [0.2, 0.25) is 0 Å². The van der Waals surface area contributed by atoms with Crippen LogP contribution in [0.25, 0.3) is 10.2 Å². The molecule has 2 aromatic heterocycles. The number of benzene rings is 1. The van der Waals surface area contributed by atoms with Gasteiger partial charge in [-0.1, -0.05) is 11.8 Å². The van der Waals surface area contributed by atoms with Crippen molar-refractivity contribution in [2.45, 2.75) is 5.03 Å². The molecule has 1 amide bonds. The summed E-state index contributed by atoms with van der Waals surface area (Å²) in [6.45, 7) is 0. The predicted molar refractivity (Wildman–Crippen MR) is 83.1 cm³/mol. The van der Waals surface area contributed by atoms with Gasteiger partial charge in [0, 0.05) is 6.07 Å². The molecule has 0 saturated carbocycles. The van der Waals surface area contributed by atoms with E-state index < -0.39 is 17.5 Å². The molecule has 0 spiro atoms. The fourth-order valence-electron chi connectivity index (χ4n) is 1.78. The van der Waals surface area contributed by atoms with Gasteiger partial charge in [0.2, 0.25) is 5.91 Å². The highest BCUT2D eigenvalue weighted by atomic mass is 32.2. The van der Waals surface area contributed by atoms with Crippen LogP contribution in [0.4, 0.5) is 14.5 Å². The van der Waals surface area contributed by atoms with E-state index in [2.05, 4.69) is 15.3 Å². The van der Waals surface area contributed by atoms with E-state index in [1.54, 1.807) is 0 Å². The lowest BCUT2D eigenvalue weighted by Crippen LogP contribution is -2.15. The third kappa shape index (κ3) is 3.23. The Hall–Kier alpha value is -2.06. The Bertz CT molecular complexity index is 838. The molecule has 1 aromatic carbocycles. The molecule has 22 heavy (non-hydrogen) atoms. The SMILES string of the molecule is O=C(CSc1ncnc2ccsc12)Nc1cc(F)ccc1F. The summed E-state index contributed by atoms with van der Waals surface area (Å²) in [6, 6.07) is 4.78. The Morgan fingerprint density at radius 1 is 1.27 bits per heavy atom. The number of hydrogen-bond acceptors (Lipinski definition) is 5. The second-order valence-electron chi connectivity index (χ2n) is 4.27. The summed E-state index contributed by atoms with van der Waals surface area (Å²) < 4.78 is 27.4. The minimum absolute atomic E-state index is 0.0416. The second kappa shape index (κ2) is 6.37. The molecular weight excluding hydrogens is 328 g/mol. The van der Waals surface area contributed by atoms with Gasteiger partial charge in [0.1, 0.15) is 23.0 Å². The maximum atomic E-state index is 13.5. The Labute approximate surface area is 132 Å². The summed E-state index contributed by atoms with van der Waals surface area (Å²) in [5.74, 6) is -1.68. The van der Waals surface area contributed by atoms with Gasteiger partial charge in [-0.05, 0) is 23.6 Å². The van der Waals surface area contributed by atoms with Crippen molar-refractivity contribution < 1.29 is 13.6 Å². The van der Waals surface area contributed by atoms with Crippen molar-refractivity contribution in [3.05, 3.63) is 47.6 Å². The first-order valence-corrected chi connectivity index (χ1v) is 8.06. The van der Waals surface area contributed by atoms with E-state index in [0.717, 1.165) is 28.4 Å². The molecule has 2 heterocycles. The monoisotopic (exact) mass is 337 g/mol. The van der Waals surface area contributed by atoms with Crippen molar-refractivity contribution >= 4 is 44.9 Å². The number of amides is 1. The zero-order valence-electron chi connectivity index (χ0n) is 11.0. The molecule has 0 unspecified atom stereocenters. The maximum Gasteiger partial charge on any atom is 0.234 e. The Morgan fingerprint density at radius 3 is 3.00 bits per heavy atom. The number of anilines is 1. The van der Waals surface area contributed by atoms with Gasteiger partial charge in [-0.25, -0.2) is 18.7 Å². The van der Waals surface area contributed by atoms with Crippen LogP contribution in [0.5, 0.6) is 0 Å². The van der Waals surface area contributed by atoms with Crippen molar-refractivity contribution in [2.24, 2.45) is 0 Å². The molecule has 1 N–H and O–H groups in total. The first-order chi connectivity index (χ1) is 10.6. The average molecular weight is 337 g/mol. The van der Waals surface area contributed by atoms with Gasteiger partial charge in [-0.3, -0.25) is 4.79 Å². The van der Waals surface area contributed by atoms with Crippen LogP contribution in [0.1, 0.15) is 0 Å². The summed E-state index contributed by atoms with van der Waals surface area (Å²) in [7, 11) is 0. The molecule has 0 aliphatic carbocycles. The van der Waals surface area contributed by atoms with Crippen molar-refractivity contribution in [1.29, 1.82) is 0 Å². The number of nitrogens with one attached hydrogen (secondary N) is 1. The first kappa shape index (κ1) is 14.9. The van der Waals surface area contributed by atoms with Crippen LogP contribution in [0.3, 0.4) is 0 Å². The predicted octanol–water partition coefficient (Wildman–Crippen LogP) is 3.70. The van der Waals surface area contributed by atoms with Gasteiger partial charge >= 0.3 is 0 Å². The fourth-order valence-corrected chi connectivity index (χ4v) is 3.53. The molecule has 3 aromatic rings. The number of thioether (sulfide) groups is 1. The minimum atomic E-state index is -0.678. The Kier molecular flexibility index (Phi) is 4.30. The maximum absolute atomic E-state index is 13.5. The number of carbonyl (C=O) groups excluding carboxylic acids is 1. The number of aromatic nitrogens is 2. The molecule has 0 radical (unpaired) electrons. The molecule has 8 heteroatoms. The molecule has 112 valence electrons. The number of hydrogen-bond donors (Lipinski definition) is 1. The minimum Gasteiger partial charge on any atom is -0.323 e. The number of nitrogens with zero attached hydrogens (tertiary/aromatic N) is 2. The molecule has 0 atom stereocenters. The van der Waals surface area contributed by atoms with Crippen LogP contribution in [0.15, 0.2) is 41.0 Å². The van der Waals surface area contributed by atoms with Gasteiger partial charge in [0.25, 0.3) is 0 Å². The summed E-state index contributed by atoms with van der Waals surface area (Å²) in [4.78, 5) is 20.1. The van der Waals surface area contributed by atoms with Crippen LogP contribution in [-0.4, -0.2) is 21.6 Å². The van der Waals surface area contributed by atoms with E-state index in [-0.39, 0.29) is 11.4 Å². The topological polar surface area (TPSA) is 54.9 Å². The average Bonchev–Trinajstić information content (AvgIpc) is 2.98. The number of carbonyl (C=O) groups is 1.